The van der Waals surface area contributed by atoms with Crippen molar-refractivity contribution in [2.75, 3.05) is 32.4 Å². The van der Waals surface area contributed by atoms with Crippen LogP contribution in [0.2, 0.25) is 5.15 Å². The Morgan fingerprint density at radius 1 is 1.20 bits per heavy atom. The van der Waals surface area contributed by atoms with E-state index < -0.39 is 10.0 Å². The van der Waals surface area contributed by atoms with Crippen molar-refractivity contribution in [2.24, 2.45) is 0 Å². The van der Waals surface area contributed by atoms with E-state index in [1.807, 2.05) is 0 Å². The molecule has 11 heteroatoms. The lowest BCUT2D eigenvalue weighted by Crippen LogP contribution is -2.50. The van der Waals surface area contributed by atoms with Crippen LogP contribution in [-0.2, 0) is 21.2 Å². The summed E-state index contributed by atoms with van der Waals surface area (Å²) < 4.78 is 26.0. The van der Waals surface area contributed by atoms with Crippen LogP contribution in [-0.4, -0.2) is 75.8 Å². The highest BCUT2D eigenvalue weighted by atomic mass is 35.5. The molecule has 0 radical (unpaired) electrons. The molecule has 3 heterocycles. The molecule has 0 spiro atoms. The normalized spacial score (nSPS) is 16.5. The molecule has 0 aromatic carbocycles. The molecule has 0 bridgehead atoms. The molecule has 1 aliphatic heterocycles. The van der Waals surface area contributed by atoms with Crippen molar-refractivity contribution in [1.29, 1.82) is 0 Å². The number of fused-ring (bicyclic) bond motifs is 1. The monoisotopic (exact) mass is 386 g/mol. The van der Waals surface area contributed by atoms with Crippen LogP contribution in [0, 0.1) is 0 Å². The van der Waals surface area contributed by atoms with E-state index in [-0.39, 0.29) is 5.91 Å². The van der Waals surface area contributed by atoms with E-state index in [4.69, 9.17) is 11.6 Å². The van der Waals surface area contributed by atoms with Gasteiger partial charge in [0.2, 0.25) is 15.9 Å². The second-order valence-electron chi connectivity index (χ2n) is 5.94. The van der Waals surface area contributed by atoms with Gasteiger partial charge in [0.25, 0.3) is 0 Å². The summed E-state index contributed by atoms with van der Waals surface area (Å²) in [6, 6.07) is 3.38. The van der Waals surface area contributed by atoms with Gasteiger partial charge >= 0.3 is 0 Å². The molecule has 0 aliphatic carbocycles. The summed E-state index contributed by atoms with van der Waals surface area (Å²) in [5.41, 5.74) is 0.614. The van der Waals surface area contributed by atoms with Crippen molar-refractivity contribution < 1.29 is 13.2 Å². The Morgan fingerprint density at radius 3 is 2.60 bits per heavy atom. The number of aryl methyl sites for hydroxylation is 1. The Hall–Kier alpha value is -1.78. The van der Waals surface area contributed by atoms with Crippen LogP contribution < -0.4 is 0 Å². The van der Waals surface area contributed by atoms with Crippen LogP contribution in [0.25, 0.3) is 5.65 Å². The first-order chi connectivity index (χ1) is 11.8. The minimum atomic E-state index is -3.19. The summed E-state index contributed by atoms with van der Waals surface area (Å²) in [6.45, 7) is 1.55. The topological polar surface area (TPSA) is 101 Å². The maximum atomic E-state index is 12.3. The molecule has 25 heavy (non-hydrogen) atoms. The standard InChI is InChI=1S/C14H19ClN6O3S/c1-25(23,24)20-9-7-19(8-10-20)14(22)4-2-3-12-16-17-13-6-5-11(15)18-21(12)13/h5-6H,2-4,7-10H2,1H3. The van der Waals surface area contributed by atoms with Gasteiger partial charge in [-0.2, -0.15) is 13.9 Å². The Kier molecular flexibility index (Phi) is 5.21. The van der Waals surface area contributed by atoms with Crippen LogP contribution in [0.4, 0.5) is 0 Å². The summed E-state index contributed by atoms with van der Waals surface area (Å²) in [5.74, 6) is 0.681. The van der Waals surface area contributed by atoms with Crippen LogP contribution in [0.5, 0.6) is 0 Å². The lowest BCUT2D eigenvalue weighted by molar-refractivity contribution is -0.132. The highest BCUT2D eigenvalue weighted by Crippen LogP contribution is 2.11. The molecular weight excluding hydrogens is 368 g/mol. The molecule has 2 aromatic heterocycles. The summed E-state index contributed by atoms with van der Waals surface area (Å²) in [4.78, 5) is 14.0. The van der Waals surface area contributed by atoms with Gasteiger partial charge in [0, 0.05) is 39.0 Å². The van der Waals surface area contributed by atoms with Gasteiger partial charge in [-0.1, -0.05) is 11.6 Å². The average Bonchev–Trinajstić information content (AvgIpc) is 2.96. The lowest BCUT2D eigenvalue weighted by atomic mass is 10.2. The van der Waals surface area contributed by atoms with Crippen molar-refractivity contribution in [3.63, 3.8) is 0 Å². The first kappa shape index (κ1) is 18.0. The zero-order chi connectivity index (χ0) is 18.0. The maximum absolute atomic E-state index is 12.3. The second-order valence-corrected chi connectivity index (χ2v) is 8.31. The largest absolute Gasteiger partial charge is 0.340 e. The third-order valence-corrected chi connectivity index (χ3v) is 5.65. The Morgan fingerprint density at radius 2 is 1.92 bits per heavy atom. The number of hydrogen-bond acceptors (Lipinski definition) is 6. The van der Waals surface area contributed by atoms with E-state index in [1.54, 1.807) is 21.5 Å². The number of aromatic nitrogens is 4. The zero-order valence-corrected chi connectivity index (χ0v) is 15.4. The molecule has 1 aliphatic rings. The number of halogens is 1. The number of piperazine rings is 1. The first-order valence-electron chi connectivity index (χ1n) is 7.94. The average molecular weight is 387 g/mol. The van der Waals surface area contributed by atoms with Gasteiger partial charge in [-0.25, -0.2) is 8.42 Å². The second kappa shape index (κ2) is 7.22. The Balaban J connectivity index is 1.50. The smallest absolute Gasteiger partial charge is 0.222 e. The maximum Gasteiger partial charge on any atom is 0.222 e. The zero-order valence-electron chi connectivity index (χ0n) is 13.8. The molecule has 9 nitrogen and oxygen atoms in total. The molecule has 0 unspecified atom stereocenters. The third kappa shape index (κ3) is 4.25. The van der Waals surface area contributed by atoms with Crippen molar-refractivity contribution >= 4 is 33.2 Å². The number of carbonyl (C=O) groups excluding carboxylic acids is 1. The van der Waals surface area contributed by atoms with Gasteiger partial charge in [0.1, 0.15) is 5.15 Å². The lowest BCUT2D eigenvalue weighted by Gasteiger charge is -2.33. The van der Waals surface area contributed by atoms with Crippen LogP contribution >= 0.6 is 11.6 Å². The summed E-state index contributed by atoms with van der Waals surface area (Å²) >= 11 is 5.88. The molecule has 136 valence electrons. The first-order valence-corrected chi connectivity index (χ1v) is 10.2. The SMILES string of the molecule is CS(=O)(=O)N1CCN(C(=O)CCCc2nnc3ccc(Cl)nn23)CC1. The molecule has 1 saturated heterocycles. The molecule has 2 aromatic rings. The van der Waals surface area contributed by atoms with Gasteiger partial charge in [-0.3, -0.25) is 4.79 Å². The molecule has 0 N–H and O–H groups in total. The fourth-order valence-corrected chi connectivity index (χ4v) is 3.76. The van der Waals surface area contributed by atoms with Crippen LogP contribution in [0.1, 0.15) is 18.7 Å². The number of carbonyl (C=O) groups is 1. The predicted molar refractivity (Wildman–Crippen MR) is 91.7 cm³/mol. The minimum Gasteiger partial charge on any atom is -0.340 e. The van der Waals surface area contributed by atoms with E-state index in [0.29, 0.717) is 62.1 Å². The van der Waals surface area contributed by atoms with Gasteiger partial charge in [-0.15, -0.1) is 10.2 Å². The number of amides is 1. The number of hydrogen-bond donors (Lipinski definition) is 0. The van der Waals surface area contributed by atoms with Crippen LogP contribution in [0.15, 0.2) is 12.1 Å². The Bertz CT molecular complexity index is 876. The van der Waals surface area contributed by atoms with Gasteiger partial charge < -0.3 is 4.90 Å². The van der Waals surface area contributed by atoms with Crippen molar-refractivity contribution in [3.05, 3.63) is 23.1 Å². The highest BCUT2D eigenvalue weighted by Gasteiger charge is 2.25. The van der Waals surface area contributed by atoms with Gasteiger partial charge in [0.05, 0.1) is 6.26 Å². The fourth-order valence-electron chi connectivity index (χ4n) is 2.79. The number of sulfonamides is 1. The summed E-state index contributed by atoms with van der Waals surface area (Å²) in [7, 11) is -3.19. The van der Waals surface area contributed by atoms with E-state index in [0.717, 1.165) is 0 Å². The predicted octanol–water partition coefficient (Wildman–Crippen LogP) is 0.204. The van der Waals surface area contributed by atoms with Crippen molar-refractivity contribution in [1.82, 2.24) is 29.0 Å². The van der Waals surface area contributed by atoms with Crippen LogP contribution in [0.3, 0.4) is 0 Å². The highest BCUT2D eigenvalue weighted by molar-refractivity contribution is 7.88. The van der Waals surface area contributed by atoms with E-state index in [9.17, 15) is 13.2 Å². The van der Waals surface area contributed by atoms with Crippen molar-refractivity contribution in [3.8, 4) is 0 Å². The number of rotatable bonds is 5. The molecular formula is C14H19ClN6O3S. The fraction of sp³-hybridized carbons (Fsp3) is 0.571. The minimum absolute atomic E-state index is 0.0213. The van der Waals surface area contributed by atoms with E-state index >= 15 is 0 Å². The van der Waals surface area contributed by atoms with E-state index in [1.165, 1.54) is 10.6 Å². The molecule has 1 fully saturated rings. The van der Waals surface area contributed by atoms with E-state index in [2.05, 4.69) is 15.3 Å². The Labute approximate surface area is 150 Å². The summed E-state index contributed by atoms with van der Waals surface area (Å²) in [5, 5.41) is 12.6. The molecule has 1 amide bonds. The molecule has 0 saturated carbocycles. The van der Waals surface area contributed by atoms with Gasteiger partial charge in [-0.05, 0) is 18.6 Å². The summed E-state index contributed by atoms with van der Waals surface area (Å²) in [6.07, 6.45) is 2.73. The molecule has 3 rings (SSSR count). The van der Waals surface area contributed by atoms with Crippen molar-refractivity contribution in [2.45, 2.75) is 19.3 Å². The molecule has 0 atom stereocenters. The third-order valence-electron chi connectivity index (χ3n) is 4.15. The quantitative estimate of drug-likeness (QED) is 0.727. The van der Waals surface area contributed by atoms with Gasteiger partial charge in [0.15, 0.2) is 11.5 Å². The number of nitrogens with zero attached hydrogens (tertiary/aromatic N) is 6.